The molecule has 0 radical (unpaired) electrons. The molecule has 0 unspecified atom stereocenters. The summed E-state index contributed by atoms with van der Waals surface area (Å²) in [7, 11) is 2.93. The zero-order valence-corrected chi connectivity index (χ0v) is 20.5. The van der Waals surface area contributed by atoms with Gasteiger partial charge in [-0.2, -0.15) is 18.3 Å². The molecule has 0 saturated carbocycles. The van der Waals surface area contributed by atoms with Crippen molar-refractivity contribution < 1.29 is 41.7 Å². The lowest BCUT2D eigenvalue weighted by atomic mass is 9.81. The average molecular weight is 503 g/mol. The predicted molar refractivity (Wildman–Crippen MR) is 122 cm³/mol. The quantitative estimate of drug-likeness (QED) is 0.243. The van der Waals surface area contributed by atoms with E-state index in [4.69, 9.17) is 18.9 Å². The van der Waals surface area contributed by atoms with E-state index in [1.54, 1.807) is 26.0 Å². The lowest BCUT2D eigenvalue weighted by Crippen LogP contribution is -2.38. The van der Waals surface area contributed by atoms with E-state index in [0.717, 1.165) is 0 Å². The zero-order valence-electron chi connectivity index (χ0n) is 20.5. The van der Waals surface area contributed by atoms with Gasteiger partial charge in [-0.3, -0.25) is 14.6 Å². The van der Waals surface area contributed by atoms with E-state index < -0.39 is 42.1 Å². The third-order valence-corrected chi connectivity index (χ3v) is 5.72. The number of carbonyl (C=O) groups is 2. The fourth-order valence-corrected chi connectivity index (χ4v) is 4.06. The standard InChI is InChI=1S/C24H33F3N2O6/c1-5-34-22(30)21(23(31)35-6-2)19(16-9-11-18(33-4)12-10-16)14-20(24(25,26)27)28-29-13-7-8-17(29)15-32-3/h9-12,17,19,21H,5-8,13-15H2,1-4H3/b28-20-/t17-,19+/m0/s1. The topological polar surface area (TPSA) is 86.7 Å². The molecule has 1 aliphatic rings. The maximum absolute atomic E-state index is 14.2. The SMILES string of the molecule is CCOC(=O)C(C(=O)OCC)[C@H](C/C(=N/N1CCC[C@H]1COC)C(F)(F)F)c1ccc(OC)cc1. The number of esters is 2. The highest BCUT2D eigenvalue weighted by molar-refractivity contribution is 5.98. The largest absolute Gasteiger partial charge is 0.497 e. The first-order chi connectivity index (χ1) is 16.7. The Balaban J connectivity index is 2.56. The number of hydrogen-bond donors (Lipinski definition) is 0. The van der Waals surface area contributed by atoms with Crippen LogP contribution < -0.4 is 4.74 Å². The van der Waals surface area contributed by atoms with Gasteiger partial charge in [0.2, 0.25) is 0 Å². The van der Waals surface area contributed by atoms with Crippen molar-refractivity contribution in [3.8, 4) is 5.75 Å². The first kappa shape index (κ1) is 28.4. The Morgan fingerprint density at radius 1 is 1.09 bits per heavy atom. The van der Waals surface area contributed by atoms with Crippen LogP contribution in [0.15, 0.2) is 29.4 Å². The molecule has 1 saturated heterocycles. The second-order valence-corrected chi connectivity index (χ2v) is 8.02. The number of nitrogens with zero attached hydrogens (tertiary/aromatic N) is 2. The lowest BCUT2D eigenvalue weighted by Gasteiger charge is -2.28. The van der Waals surface area contributed by atoms with Crippen LogP contribution in [0.3, 0.4) is 0 Å². The van der Waals surface area contributed by atoms with Gasteiger partial charge in [-0.1, -0.05) is 12.1 Å². The van der Waals surface area contributed by atoms with Crippen LogP contribution in [-0.2, 0) is 23.8 Å². The molecule has 8 nitrogen and oxygen atoms in total. The van der Waals surface area contributed by atoms with E-state index in [9.17, 15) is 22.8 Å². The van der Waals surface area contributed by atoms with E-state index in [0.29, 0.717) is 30.7 Å². The molecule has 1 heterocycles. The Hall–Kier alpha value is -2.82. The number of benzene rings is 1. The van der Waals surface area contributed by atoms with Crippen LogP contribution >= 0.6 is 0 Å². The molecule has 1 aromatic carbocycles. The van der Waals surface area contributed by atoms with Gasteiger partial charge in [0.05, 0.1) is 33.0 Å². The Labute approximate surface area is 203 Å². The van der Waals surface area contributed by atoms with Crippen LogP contribution in [0.5, 0.6) is 5.75 Å². The Bertz CT molecular complexity index is 842. The maximum atomic E-state index is 14.2. The number of halogens is 3. The highest BCUT2D eigenvalue weighted by Gasteiger charge is 2.45. The third kappa shape index (κ3) is 7.84. The first-order valence-electron chi connectivity index (χ1n) is 11.5. The minimum atomic E-state index is -4.79. The highest BCUT2D eigenvalue weighted by Crippen LogP contribution is 2.36. The minimum Gasteiger partial charge on any atom is -0.497 e. The molecule has 2 rings (SSSR count). The molecule has 2 atom stereocenters. The molecule has 196 valence electrons. The molecule has 0 bridgehead atoms. The van der Waals surface area contributed by atoms with Crippen LogP contribution in [0.1, 0.15) is 44.6 Å². The molecule has 0 aliphatic carbocycles. The summed E-state index contributed by atoms with van der Waals surface area (Å²) in [4.78, 5) is 25.6. The summed E-state index contributed by atoms with van der Waals surface area (Å²) in [5.41, 5.74) is -0.774. The van der Waals surface area contributed by atoms with E-state index in [2.05, 4.69) is 5.10 Å². The van der Waals surface area contributed by atoms with Gasteiger partial charge < -0.3 is 18.9 Å². The van der Waals surface area contributed by atoms with Gasteiger partial charge in [0.1, 0.15) is 11.5 Å². The Morgan fingerprint density at radius 2 is 1.69 bits per heavy atom. The number of rotatable bonds is 12. The fraction of sp³-hybridized carbons (Fsp3) is 0.625. The smallest absolute Gasteiger partial charge is 0.431 e. The molecule has 0 spiro atoms. The second-order valence-electron chi connectivity index (χ2n) is 8.02. The van der Waals surface area contributed by atoms with Crippen LogP contribution in [0, 0.1) is 5.92 Å². The van der Waals surface area contributed by atoms with Gasteiger partial charge in [0, 0.05) is 26.0 Å². The van der Waals surface area contributed by atoms with E-state index >= 15 is 0 Å². The molecule has 1 fully saturated rings. The van der Waals surface area contributed by atoms with Crippen molar-refractivity contribution in [2.75, 3.05) is 40.6 Å². The predicted octanol–water partition coefficient (Wildman–Crippen LogP) is 3.94. The maximum Gasteiger partial charge on any atom is 0.431 e. The van der Waals surface area contributed by atoms with Crippen molar-refractivity contribution in [1.29, 1.82) is 0 Å². The molecule has 11 heteroatoms. The van der Waals surface area contributed by atoms with Crippen molar-refractivity contribution in [1.82, 2.24) is 5.01 Å². The fourth-order valence-electron chi connectivity index (χ4n) is 4.06. The zero-order chi connectivity index (χ0) is 26.0. The van der Waals surface area contributed by atoms with E-state index in [-0.39, 0.29) is 25.9 Å². The number of hydrogen-bond acceptors (Lipinski definition) is 8. The first-order valence-corrected chi connectivity index (χ1v) is 11.5. The normalized spacial score (nSPS) is 17.4. The molecule has 1 aliphatic heterocycles. The van der Waals surface area contributed by atoms with Gasteiger partial charge in [-0.05, 0) is 44.4 Å². The molecular weight excluding hydrogens is 469 g/mol. The minimum absolute atomic E-state index is 0.0449. The van der Waals surface area contributed by atoms with Crippen molar-refractivity contribution in [2.45, 2.75) is 51.2 Å². The van der Waals surface area contributed by atoms with Gasteiger partial charge in [0.25, 0.3) is 0 Å². The van der Waals surface area contributed by atoms with Gasteiger partial charge in [-0.15, -0.1) is 0 Å². The number of hydrazone groups is 1. The lowest BCUT2D eigenvalue weighted by molar-refractivity contribution is -0.162. The van der Waals surface area contributed by atoms with Crippen molar-refractivity contribution in [3.63, 3.8) is 0 Å². The average Bonchev–Trinajstić information content (AvgIpc) is 3.24. The van der Waals surface area contributed by atoms with Crippen molar-refractivity contribution >= 4 is 17.7 Å². The molecular formula is C24H33F3N2O6. The Morgan fingerprint density at radius 3 is 2.17 bits per heavy atom. The highest BCUT2D eigenvalue weighted by atomic mass is 19.4. The number of alkyl halides is 3. The summed E-state index contributed by atoms with van der Waals surface area (Å²) in [6.07, 6.45) is -4.19. The molecule has 0 aromatic heterocycles. The van der Waals surface area contributed by atoms with Crippen LogP contribution in [0.4, 0.5) is 13.2 Å². The van der Waals surface area contributed by atoms with Crippen LogP contribution in [-0.4, -0.2) is 75.5 Å². The molecule has 0 N–H and O–H groups in total. The second kappa shape index (κ2) is 13.3. The number of ether oxygens (including phenoxy) is 4. The molecule has 35 heavy (non-hydrogen) atoms. The number of carbonyl (C=O) groups excluding carboxylic acids is 2. The molecule has 1 aromatic rings. The summed E-state index contributed by atoms with van der Waals surface area (Å²) in [5.74, 6) is -4.27. The molecule has 0 amide bonds. The summed E-state index contributed by atoms with van der Waals surface area (Å²) in [6.45, 7) is 3.60. The third-order valence-electron chi connectivity index (χ3n) is 5.72. The van der Waals surface area contributed by atoms with E-state index in [1.807, 2.05) is 0 Å². The summed E-state index contributed by atoms with van der Waals surface area (Å²) < 4.78 is 63.0. The monoisotopic (exact) mass is 502 g/mol. The summed E-state index contributed by atoms with van der Waals surface area (Å²) >= 11 is 0. The van der Waals surface area contributed by atoms with Crippen LogP contribution in [0.2, 0.25) is 0 Å². The van der Waals surface area contributed by atoms with Gasteiger partial charge in [0.15, 0.2) is 5.92 Å². The number of methoxy groups -OCH3 is 2. The Kier molecular flexibility index (Phi) is 10.8. The van der Waals surface area contributed by atoms with Crippen molar-refractivity contribution in [2.24, 2.45) is 11.0 Å². The summed E-state index contributed by atoms with van der Waals surface area (Å²) in [5, 5.41) is 5.33. The van der Waals surface area contributed by atoms with Gasteiger partial charge in [-0.25, -0.2) is 0 Å². The van der Waals surface area contributed by atoms with E-state index in [1.165, 1.54) is 31.4 Å². The van der Waals surface area contributed by atoms with Crippen molar-refractivity contribution in [3.05, 3.63) is 29.8 Å². The summed E-state index contributed by atoms with van der Waals surface area (Å²) in [6, 6.07) is 5.85. The van der Waals surface area contributed by atoms with Gasteiger partial charge >= 0.3 is 18.1 Å². The van der Waals surface area contributed by atoms with Crippen LogP contribution in [0.25, 0.3) is 0 Å².